The van der Waals surface area contributed by atoms with Crippen molar-refractivity contribution in [2.75, 3.05) is 4.90 Å². The van der Waals surface area contributed by atoms with Gasteiger partial charge >= 0.3 is 0 Å². The van der Waals surface area contributed by atoms with Gasteiger partial charge in [-0.15, -0.1) is 0 Å². The Balaban J connectivity index is 1.07. The second-order valence-electron chi connectivity index (χ2n) is 17.9. The average Bonchev–Trinajstić information content (AvgIpc) is 3.89. The number of benzene rings is 8. The number of allylic oxidation sites excluding steroid dienone is 11. The zero-order valence-corrected chi connectivity index (χ0v) is 41.2. The number of anilines is 3. The van der Waals surface area contributed by atoms with Gasteiger partial charge in [0.05, 0.1) is 16.6 Å². The van der Waals surface area contributed by atoms with Crippen LogP contribution in [0.5, 0.6) is 0 Å². The van der Waals surface area contributed by atoms with Crippen molar-refractivity contribution < 1.29 is 0 Å². The van der Waals surface area contributed by atoms with E-state index in [-0.39, 0.29) is 0 Å². The van der Waals surface area contributed by atoms with Crippen LogP contribution in [0.3, 0.4) is 0 Å². The summed E-state index contributed by atoms with van der Waals surface area (Å²) in [6.45, 7) is 14.8. The first-order valence-electron chi connectivity index (χ1n) is 24.4. The van der Waals surface area contributed by atoms with Gasteiger partial charge in [0.2, 0.25) is 0 Å². The summed E-state index contributed by atoms with van der Waals surface area (Å²) < 4.78 is 2.38. The summed E-state index contributed by atoms with van der Waals surface area (Å²) in [5.41, 5.74) is 20.4. The number of rotatable bonds is 11. The highest BCUT2D eigenvalue weighted by Crippen LogP contribution is 2.57. The Labute approximate surface area is 423 Å². The van der Waals surface area contributed by atoms with E-state index in [1.54, 1.807) is 0 Å². The largest absolute Gasteiger partial charge is 0.310 e. The van der Waals surface area contributed by atoms with Crippen molar-refractivity contribution in [2.24, 2.45) is 0 Å². The Bertz CT molecular complexity index is 3610. The van der Waals surface area contributed by atoms with Crippen LogP contribution in [0.4, 0.5) is 17.1 Å². The van der Waals surface area contributed by atoms with Crippen LogP contribution in [0.25, 0.3) is 56.1 Å². The Kier molecular flexibility index (Phi) is 12.2. The Morgan fingerprint density at radius 2 is 1.17 bits per heavy atom. The van der Waals surface area contributed by atoms with Gasteiger partial charge < -0.3 is 9.47 Å². The third-order valence-electron chi connectivity index (χ3n) is 14.1. The van der Waals surface area contributed by atoms with Gasteiger partial charge in [0.15, 0.2) is 0 Å². The molecule has 0 bridgehead atoms. The summed E-state index contributed by atoms with van der Waals surface area (Å²) in [5, 5.41) is 1.23. The van der Waals surface area contributed by atoms with Crippen molar-refractivity contribution in [3.05, 3.63) is 295 Å². The second-order valence-corrected chi connectivity index (χ2v) is 19.0. The first-order valence-corrected chi connectivity index (χ1v) is 25.2. The third-order valence-corrected chi connectivity index (χ3v) is 15.4. The number of fused-ring (bicyclic) bond motifs is 7. The standard InChI is InChI=1S/C68H54N2S/c1-6-10-23-48(8-3)49-35-39-54(40-36-49)69(56-43-44-60-59-28-17-19-32-62(59)68(63(60)46-56,51-24-13-11-14-25-51)52-26-15-12-16-27-52)55-41-37-50(38-42-55)58-31-21-30-57-47(5)34-45-65-67(71-66(57)58)61-29-18-20-33-64(61)70(65)53(9-4)22-7-2/h6-46H,1,5H2,2-4H3/b22-7-,23-10-,45-34-,48-8+,53-9+. The molecular formula is C68H54N2S. The minimum atomic E-state index is -0.531. The molecule has 9 aromatic rings. The van der Waals surface area contributed by atoms with E-state index in [1.165, 1.54) is 59.6 Å². The molecular weight excluding hydrogens is 877 g/mol. The second kappa shape index (κ2) is 19.2. The summed E-state index contributed by atoms with van der Waals surface area (Å²) in [5.74, 6) is 0. The van der Waals surface area contributed by atoms with Gasteiger partial charge in [-0.1, -0.05) is 219 Å². The third kappa shape index (κ3) is 7.71. The van der Waals surface area contributed by atoms with Crippen LogP contribution in [-0.2, 0) is 5.41 Å². The van der Waals surface area contributed by atoms with Crippen LogP contribution < -0.4 is 4.90 Å². The monoisotopic (exact) mass is 930 g/mol. The molecule has 0 fully saturated rings. The average molecular weight is 931 g/mol. The summed E-state index contributed by atoms with van der Waals surface area (Å²) in [4.78, 5) is 4.84. The predicted octanol–water partition coefficient (Wildman–Crippen LogP) is 18.9. The molecule has 342 valence electrons. The number of hydrogen-bond donors (Lipinski definition) is 0. The predicted molar refractivity (Wildman–Crippen MR) is 306 cm³/mol. The zero-order valence-electron chi connectivity index (χ0n) is 40.4. The molecule has 0 N–H and O–H groups in total. The highest BCUT2D eigenvalue weighted by atomic mass is 32.2. The molecule has 2 heterocycles. The Morgan fingerprint density at radius 1 is 0.549 bits per heavy atom. The van der Waals surface area contributed by atoms with Crippen LogP contribution in [0.15, 0.2) is 266 Å². The minimum Gasteiger partial charge on any atom is -0.310 e. The van der Waals surface area contributed by atoms with E-state index in [2.05, 4.69) is 280 Å². The first kappa shape index (κ1) is 45.1. The van der Waals surface area contributed by atoms with Gasteiger partial charge in [0.25, 0.3) is 0 Å². The molecule has 0 saturated carbocycles. The molecule has 8 aromatic carbocycles. The highest BCUT2D eigenvalue weighted by Gasteiger charge is 2.46. The van der Waals surface area contributed by atoms with Crippen LogP contribution in [0.2, 0.25) is 0 Å². The molecule has 1 aliphatic carbocycles. The molecule has 2 aliphatic rings. The SMILES string of the molecule is C=C/C=C\C(=C/C)c1ccc(N(c2ccc(-c3cccc4c3Sc3c(n(C(/C=C\C)=C/C)c5ccccc35)/C=C\C4=C)cc2)c2ccc3c(c2)C(c2ccccc2)(c2ccccc2)c2ccccc2-3)cc1. The van der Waals surface area contributed by atoms with Gasteiger partial charge in [0, 0.05) is 37.9 Å². The van der Waals surface area contributed by atoms with E-state index in [1.807, 2.05) is 23.9 Å². The van der Waals surface area contributed by atoms with Crippen molar-refractivity contribution in [2.45, 2.75) is 36.0 Å². The first-order chi connectivity index (χ1) is 35.0. The van der Waals surface area contributed by atoms with E-state index >= 15 is 0 Å². The minimum absolute atomic E-state index is 0.531. The quantitative estimate of drug-likeness (QED) is 0.119. The van der Waals surface area contributed by atoms with Crippen molar-refractivity contribution >= 4 is 62.6 Å². The molecule has 0 saturated heterocycles. The summed E-state index contributed by atoms with van der Waals surface area (Å²) >= 11 is 1.85. The van der Waals surface area contributed by atoms with E-state index in [0.717, 1.165) is 56.3 Å². The Hall–Kier alpha value is -8.37. The summed E-state index contributed by atoms with van der Waals surface area (Å²) in [7, 11) is 0. The lowest BCUT2D eigenvalue weighted by Gasteiger charge is -2.35. The maximum Gasteiger partial charge on any atom is 0.0714 e. The fourth-order valence-corrected chi connectivity index (χ4v) is 12.2. The van der Waals surface area contributed by atoms with Gasteiger partial charge in [-0.25, -0.2) is 0 Å². The number of nitrogens with zero attached hydrogens (tertiary/aromatic N) is 2. The van der Waals surface area contributed by atoms with E-state index in [4.69, 9.17) is 0 Å². The Morgan fingerprint density at radius 3 is 1.86 bits per heavy atom. The summed E-state index contributed by atoms with van der Waals surface area (Å²) in [6.07, 6.45) is 19.0. The molecule has 3 heteroatoms. The summed E-state index contributed by atoms with van der Waals surface area (Å²) in [6, 6.07) is 71.6. The highest BCUT2D eigenvalue weighted by molar-refractivity contribution is 7.99. The smallest absolute Gasteiger partial charge is 0.0714 e. The normalized spacial score (nSPS) is 14.4. The van der Waals surface area contributed by atoms with Crippen LogP contribution in [-0.4, -0.2) is 4.57 Å². The molecule has 0 amide bonds. The van der Waals surface area contributed by atoms with E-state index in [9.17, 15) is 0 Å². The van der Waals surface area contributed by atoms with Gasteiger partial charge in [-0.3, -0.25) is 0 Å². The fraction of sp³-hybridized carbons (Fsp3) is 0.0588. The van der Waals surface area contributed by atoms with Crippen LogP contribution >= 0.6 is 11.8 Å². The molecule has 11 rings (SSSR count). The van der Waals surface area contributed by atoms with Crippen molar-refractivity contribution in [1.29, 1.82) is 0 Å². The molecule has 0 unspecified atom stereocenters. The molecule has 1 aromatic heterocycles. The van der Waals surface area contributed by atoms with Crippen molar-refractivity contribution in [3.63, 3.8) is 0 Å². The molecule has 0 radical (unpaired) electrons. The molecule has 1 aliphatic heterocycles. The van der Waals surface area contributed by atoms with Crippen molar-refractivity contribution in [3.8, 4) is 22.3 Å². The maximum absolute atomic E-state index is 4.62. The van der Waals surface area contributed by atoms with Gasteiger partial charge in [0.1, 0.15) is 0 Å². The van der Waals surface area contributed by atoms with E-state index in [0.29, 0.717) is 0 Å². The van der Waals surface area contributed by atoms with Crippen molar-refractivity contribution in [1.82, 2.24) is 4.57 Å². The zero-order chi connectivity index (χ0) is 48.5. The molecule has 0 atom stereocenters. The van der Waals surface area contributed by atoms with Gasteiger partial charge in [-0.2, -0.15) is 0 Å². The van der Waals surface area contributed by atoms with E-state index < -0.39 is 5.41 Å². The number of aromatic nitrogens is 1. The maximum atomic E-state index is 4.62. The lowest BCUT2D eigenvalue weighted by atomic mass is 9.67. The van der Waals surface area contributed by atoms with Crippen LogP contribution in [0, 0.1) is 0 Å². The molecule has 71 heavy (non-hydrogen) atoms. The lowest BCUT2D eigenvalue weighted by Crippen LogP contribution is -2.28. The lowest BCUT2D eigenvalue weighted by molar-refractivity contribution is 0.768. The fourth-order valence-electron chi connectivity index (χ4n) is 10.9. The number of hydrogen-bond acceptors (Lipinski definition) is 2. The van der Waals surface area contributed by atoms with Gasteiger partial charge in [-0.05, 0) is 142 Å². The topological polar surface area (TPSA) is 8.17 Å². The molecule has 2 nitrogen and oxygen atoms in total. The number of para-hydroxylation sites is 1. The molecule has 0 spiro atoms. The van der Waals surface area contributed by atoms with Crippen LogP contribution in [0.1, 0.15) is 59.8 Å².